The molecule has 0 saturated carbocycles. The summed E-state index contributed by atoms with van der Waals surface area (Å²) in [4.78, 5) is 0. The zero-order valence-corrected chi connectivity index (χ0v) is 10.5. The van der Waals surface area contributed by atoms with Crippen LogP contribution in [0.25, 0.3) is 0 Å². The zero-order valence-electron chi connectivity index (χ0n) is 8.88. The first-order valence-electron chi connectivity index (χ1n) is 4.80. The lowest BCUT2D eigenvalue weighted by atomic mass is 10.3. The minimum absolute atomic E-state index is 0. The molecule has 0 aromatic carbocycles. The van der Waals surface area contributed by atoms with Gasteiger partial charge in [0.05, 0.1) is 6.20 Å². The molecule has 1 aliphatic heterocycles. The number of nitrogens with zero attached hydrogens (tertiary/aromatic N) is 2. The maximum atomic E-state index is 11.9. The normalized spacial score (nSPS) is 20.7. The van der Waals surface area contributed by atoms with Crippen LogP contribution in [0, 0.1) is 0 Å². The van der Waals surface area contributed by atoms with Gasteiger partial charge in [0.15, 0.2) is 5.03 Å². The topological polar surface area (TPSA) is 76.0 Å². The monoisotopic (exact) mass is 266 g/mol. The van der Waals surface area contributed by atoms with E-state index in [1.807, 2.05) is 0 Å². The van der Waals surface area contributed by atoms with Gasteiger partial charge in [0.2, 0.25) is 0 Å². The first kappa shape index (κ1) is 13.4. The van der Waals surface area contributed by atoms with Crippen LogP contribution in [-0.2, 0) is 17.1 Å². The van der Waals surface area contributed by atoms with Gasteiger partial charge in [0, 0.05) is 19.6 Å². The standard InChI is InChI=1S/C8H14N4O2S.ClH/c1-12-8(3-5-10-12)15(13,14)11-7-2-4-9-6-7;/h3,5,7,9,11H,2,4,6H2,1H3;1H. The summed E-state index contributed by atoms with van der Waals surface area (Å²) in [5, 5.41) is 7.15. The summed E-state index contributed by atoms with van der Waals surface area (Å²) in [5.41, 5.74) is 0. The van der Waals surface area contributed by atoms with Gasteiger partial charge in [-0.25, -0.2) is 13.1 Å². The van der Waals surface area contributed by atoms with Crippen LogP contribution in [0.4, 0.5) is 0 Å². The van der Waals surface area contributed by atoms with Crippen LogP contribution >= 0.6 is 12.4 Å². The van der Waals surface area contributed by atoms with Crippen LogP contribution in [0.15, 0.2) is 17.3 Å². The second-order valence-corrected chi connectivity index (χ2v) is 5.26. The van der Waals surface area contributed by atoms with Crippen molar-refractivity contribution < 1.29 is 8.42 Å². The molecule has 1 unspecified atom stereocenters. The zero-order chi connectivity index (χ0) is 10.9. The van der Waals surface area contributed by atoms with Gasteiger partial charge in [0.25, 0.3) is 10.0 Å². The summed E-state index contributed by atoms with van der Waals surface area (Å²) in [6.07, 6.45) is 2.30. The molecule has 0 radical (unpaired) electrons. The highest BCUT2D eigenvalue weighted by molar-refractivity contribution is 7.89. The van der Waals surface area contributed by atoms with Gasteiger partial charge in [-0.15, -0.1) is 12.4 Å². The highest BCUT2D eigenvalue weighted by Crippen LogP contribution is 2.08. The van der Waals surface area contributed by atoms with E-state index in [-0.39, 0.29) is 23.5 Å². The Kier molecular flexibility index (Phi) is 4.31. The maximum Gasteiger partial charge on any atom is 0.257 e. The number of nitrogens with one attached hydrogen (secondary N) is 2. The predicted molar refractivity (Wildman–Crippen MR) is 62.1 cm³/mol. The van der Waals surface area contributed by atoms with Crippen molar-refractivity contribution >= 4 is 22.4 Å². The molecule has 1 fully saturated rings. The van der Waals surface area contributed by atoms with E-state index in [0.29, 0.717) is 6.54 Å². The molecule has 1 saturated heterocycles. The summed E-state index contributed by atoms with van der Waals surface area (Å²) in [7, 11) is -1.81. The number of hydrogen-bond acceptors (Lipinski definition) is 4. The number of sulfonamides is 1. The van der Waals surface area contributed by atoms with Crippen LogP contribution in [0.1, 0.15) is 6.42 Å². The lowest BCUT2D eigenvalue weighted by Crippen LogP contribution is -2.37. The van der Waals surface area contributed by atoms with Gasteiger partial charge >= 0.3 is 0 Å². The lowest BCUT2D eigenvalue weighted by molar-refractivity contribution is 0.544. The van der Waals surface area contributed by atoms with Gasteiger partial charge in [-0.05, 0) is 19.0 Å². The molecule has 0 bridgehead atoms. The number of hydrogen-bond donors (Lipinski definition) is 2. The van der Waals surface area contributed by atoms with Gasteiger partial charge < -0.3 is 5.32 Å². The second-order valence-electron chi connectivity index (χ2n) is 3.60. The molecule has 2 N–H and O–H groups in total. The summed E-state index contributed by atoms with van der Waals surface area (Å²) < 4.78 is 27.7. The minimum Gasteiger partial charge on any atom is -0.315 e. The first-order chi connectivity index (χ1) is 7.09. The SMILES string of the molecule is Cl.Cn1nccc1S(=O)(=O)NC1CCNC1. The van der Waals surface area contributed by atoms with Crippen molar-refractivity contribution in [3.8, 4) is 0 Å². The molecule has 2 heterocycles. The summed E-state index contributed by atoms with van der Waals surface area (Å²) in [6.45, 7) is 1.55. The van der Waals surface area contributed by atoms with Crippen molar-refractivity contribution in [1.29, 1.82) is 0 Å². The van der Waals surface area contributed by atoms with Crippen LogP contribution in [0.3, 0.4) is 0 Å². The van der Waals surface area contributed by atoms with Crippen molar-refractivity contribution in [2.45, 2.75) is 17.5 Å². The summed E-state index contributed by atoms with van der Waals surface area (Å²) in [6, 6.07) is 1.48. The van der Waals surface area contributed by atoms with Crippen LogP contribution in [0.5, 0.6) is 0 Å². The predicted octanol–water partition coefficient (Wildman–Crippen LogP) is -0.518. The molecule has 0 spiro atoms. The number of aryl methyl sites for hydroxylation is 1. The molecule has 1 aromatic rings. The number of aromatic nitrogens is 2. The Hall–Kier alpha value is -0.630. The molecule has 0 amide bonds. The van der Waals surface area contributed by atoms with E-state index >= 15 is 0 Å². The third-order valence-electron chi connectivity index (χ3n) is 2.43. The Bertz CT molecular complexity index is 439. The van der Waals surface area contributed by atoms with Crippen molar-refractivity contribution in [3.63, 3.8) is 0 Å². The third-order valence-corrected chi connectivity index (χ3v) is 4.03. The van der Waals surface area contributed by atoms with Crippen molar-refractivity contribution in [3.05, 3.63) is 12.3 Å². The van der Waals surface area contributed by atoms with Gasteiger partial charge in [-0.2, -0.15) is 5.10 Å². The molecule has 0 aliphatic carbocycles. The Morgan fingerprint density at radius 1 is 1.62 bits per heavy atom. The van der Waals surface area contributed by atoms with Crippen LogP contribution in [0.2, 0.25) is 0 Å². The smallest absolute Gasteiger partial charge is 0.257 e. The second kappa shape index (κ2) is 5.13. The van der Waals surface area contributed by atoms with Crippen LogP contribution in [-0.4, -0.2) is 37.3 Å². The first-order valence-corrected chi connectivity index (χ1v) is 6.29. The molecular formula is C8H15ClN4O2S. The fourth-order valence-corrected chi connectivity index (χ4v) is 3.06. The molecule has 1 atom stereocenters. The summed E-state index contributed by atoms with van der Waals surface area (Å²) >= 11 is 0. The molecule has 16 heavy (non-hydrogen) atoms. The largest absolute Gasteiger partial charge is 0.315 e. The number of rotatable bonds is 3. The Morgan fingerprint density at radius 3 is 2.88 bits per heavy atom. The van der Waals surface area contributed by atoms with Crippen molar-refractivity contribution in [1.82, 2.24) is 19.8 Å². The van der Waals surface area contributed by atoms with Gasteiger partial charge in [-0.3, -0.25) is 4.68 Å². The van der Waals surface area contributed by atoms with Crippen molar-refractivity contribution in [2.24, 2.45) is 7.05 Å². The number of halogens is 1. The Morgan fingerprint density at radius 2 is 2.38 bits per heavy atom. The fourth-order valence-electron chi connectivity index (χ4n) is 1.66. The lowest BCUT2D eigenvalue weighted by Gasteiger charge is -2.11. The van der Waals surface area contributed by atoms with Crippen LogP contribution < -0.4 is 10.0 Å². The fraction of sp³-hybridized carbons (Fsp3) is 0.625. The van der Waals surface area contributed by atoms with E-state index in [1.54, 1.807) is 7.05 Å². The maximum absolute atomic E-state index is 11.9. The minimum atomic E-state index is -3.42. The van der Waals surface area contributed by atoms with Crippen molar-refractivity contribution in [2.75, 3.05) is 13.1 Å². The molecular weight excluding hydrogens is 252 g/mol. The molecule has 1 aliphatic rings. The quantitative estimate of drug-likeness (QED) is 0.772. The molecule has 1 aromatic heterocycles. The van der Waals surface area contributed by atoms with Gasteiger partial charge in [0.1, 0.15) is 0 Å². The highest BCUT2D eigenvalue weighted by Gasteiger charge is 2.24. The average Bonchev–Trinajstić information content (AvgIpc) is 2.75. The van der Waals surface area contributed by atoms with E-state index in [9.17, 15) is 8.42 Å². The van der Waals surface area contributed by atoms with Gasteiger partial charge in [-0.1, -0.05) is 0 Å². The highest BCUT2D eigenvalue weighted by atomic mass is 35.5. The third kappa shape index (κ3) is 2.73. The Balaban J connectivity index is 0.00000128. The van der Waals surface area contributed by atoms with E-state index in [1.165, 1.54) is 16.9 Å². The summed E-state index contributed by atoms with van der Waals surface area (Å²) in [5.74, 6) is 0. The van der Waals surface area contributed by atoms with E-state index in [2.05, 4.69) is 15.1 Å². The van der Waals surface area contributed by atoms with E-state index in [4.69, 9.17) is 0 Å². The molecule has 8 heteroatoms. The molecule has 92 valence electrons. The molecule has 6 nitrogen and oxygen atoms in total. The van der Waals surface area contributed by atoms with E-state index in [0.717, 1.165) is 13.0 Å². The average molecular weight is 267 g/mol. The molecule has 2 rings (SSSR count). The Labute approximate surface area is 101 Å². The van der Waals surface area contributed by atoms with E-state index < -0.39 is 10.0 Å².